The lowest BCUT2D eigenvalue weighted by Gasteiger charge is -2.15. The standard InChI is InChI=1S/C14H18N2O3/c1-15-13(17)11-8-16(9-12(11)14(18)19)7-10-5-3-2-4-6-10/h2-6,11-12H,7-9H2,1H3,(H,15,17)(H,18,19)/t11-,12+/m0/s1. The molecule has 1 fully saturated rings. The Labute approximate surface area is 112 Å². The van der Waals surface area contributed by atoms with Crippen LogP contribution in [0.4, 0.5) is 0 Å². The Balaban J connectivity index is 2.05. The molecule has 1 heterocycles. The highest BCUT2D eigenvalue weighted by Crippen LogP contribution is 2.25. The summed E-state index contributed by atoms with van der Waals surface area (Å²) in [5.41, 5.74) is 1.13. The van der Waals surface area contributed by atoms with Crippen molar-refractivity contribution in [1.29, 1.82) is 0 Å². The number of likely N-dealkylation sites (tertiary alicyclic amines) is 1. The van der Waals surface area contributed by atoms with Gasteiger partial charge in [0.05, 0.1) is 11.8 Å². The maximum atomic E-state index is 11.7. The fraction of sp³-hybridized carbons (Fsp3) is 0.429. The summed E-state index contributed by atoms with van der Waals surface area (Å²) in [5.74, 6) is -2.18. The minimum atomic E-state index is -0.899. The number of hydrogen-bond acceptors (Lipinski definition) is 3. The molecule has 0 spiro atoms. The molecular formula is C14H18N2O3. The smallest absolute Gasteiger partial charge is 0.308 e. The van der Waals surface area contributed by atoms with Crippen LogP contribution in [0.1, 0.15) is 5.56 Å². The number of carbonyl (C=O) groups excluding carboxylic acids is 1. The second kappa shape index (κ2) is 5.84. The van der Waals surface area contributed by atoms with Gasteiger partial charge in [0.25, 0.3) is 0 Å². The molecule has 0 aromatic heterocycles. The van der Waals surface area contributed by atoms with E-state index in [1.54, 1.807) is 7.05 Å². The van der Waals surface area contributed by atoms with Crippen LogP contribution >= 0.6 is 0 Å². The van der Waals surface area contributed by atoms with Gasteiger partial charge in [-0.1, -0.05) is 30.3 Å². The van der Waals surface area contributed by atoms with Crippen molar-refractivity contribution < 1.29 is 14.7 Å². The number of carboxylic acid groups (broad SMARTS) is 1. The topological polar surface area (TPSA) is 69.6 Å². The maximum Gasteiger partial charge on any atom is 0.308 e. The van der Waals surface area contributed by atoms with Gasteiger partial charge in [-0.15, -0.1) is 0 Å². The first-order chi connectivity index (χ1) is 9.11. The Morgan fingerprint density at radius 3 is 2.47 bits per heavy atom. The van der Waals surface area contributed by atoms with Gasteiger partial charge >= 0.3 is 5.97 Å². The van der Waals surface area contributed by atoms with Crippen LogP contribution in [0.5, 0.6) is 0 Å². The monoisotopic (exact) mass is 262 g/mol. The van der Waals surface area contributed by atoms with Crippen molar-refractivity contribution in [3.63, 3.8) is 0 Å². The second-order valence-electron chi connectivity index (χ2n) is 4.85. The molecule has 0 bridgehead atoms. The highest BCUT2D eigenvalue weighted by molar-refractivity contribution is 5.85. The van der Waals surface area contributed by atoms with Gasteiger partial charge in [-0.25, -0.2) is 0 Å². The van der Waals surface area contributed by atoms with Crippen molar-refractivity contribution in [2.45, 2.75) is 6.54 Å². The third-order valence-electron chi connectivity index (χ3n) is 3.54. The SMILES string of the molecule is CNC(=O)[C@H]1CN(Cc2ccccc2)C[C@H]1C(=O)O. The number of carboxylic acids is 1. The van der Waals surface area contributed by atoms with E-state index in [-0.39, 0.29) is 5.91 Å². The maximum absolute atomic E-state index is 11.7. The third kappa shape index (κ3) is 3.12. The van der Waals surface area contributed by atoms with Gasteiger partial charge in [0.1, 0.15) is 0 Å². The molecule has 0 radical (unpaired) electrons. The van der Waals surface area contributed by atoms with Gasteiger partial charge in [0, 0.05) is 26.7 Å². The van der Waals surface area contributed by atoms with Gasteiger partial charge in [-0.05, 0) is 5.56 Å². The van der Waals surface area contributed by atoms with E-state index in [0.29, 0.717) is 19.6 Å². The van der Waals surface area contributed by atoms with E-state index < -0.39 is 17.8 Å². The van der Waals surface area contributed by atoms with E-state index in [1.165, 1.54) is 0 Å². The van der Waals surface area contributed by atoms with Gasteiger partial charge in [0.2, 0.25) is 5.91 Å². The molecule has 2 N–H and O–H groups in total. The molecular weight excluding hydrogens is 244 g/mol. The normalized spacial score (nSPS) is 23.2. The lowest BCUT2D eigenvalue weighted by Crippen LogP contribution is -2.35. The average Bonchev–Trinajstić information content (AvgIpc) is 2.83. The van der Waals surface area contributed by atoms with E-state index in [0.717, 1.165) is 5.56 Å². The first-order valence-electron chi connectivity index (χ1n) is 6.32. The first-order valence-corrected chi connectivity index (χ1v) is 6.32. The molecule has 0 unspecified atom stereocenters. The lowest BCUT2D eigenvalue weighted by atomic mass is 9.95. The summed E-state index contributed by atoms with van der Waals surface area (Å²) in [6.45, 7) is 1.59. The van der Waals surface area contributed by atoms with Crippen molar-refractivity contribution in [3.05, 3.63) is 35.9 Å². The minimum absolute atomic E-state index is 0.192. The molecule has 1 saturated heterocycles. The largest absolute Gasteiger partial charge is 0.481 e. The Morgan fingerprint density at radius 1 is 1.26 bits per heavy atom. The summed E-state index contributed by atoms with van der Waals surface area (Å²) >= 11 is 0. The highest BCUT2D eigenvalue weighted by Gasteiger charge is 2.41. The van der Waals surface area contributed by atoms with Crippen LogP contribution in [0.2, 0.25) is 0 Å². The first kappa shape index (κ1) is 13.5. The van der Waals surface area contributed by atoms with Crippen LogP contribution in [0, 0.1) is 11.8 Å². The van der Waals surface area contributed by atoms with E-state index in [4.69, 9.17) is 0 Å². The number of hydrogen-bond donors (Lipinski definition) is 2. The Kier molecular flexibility index (Phi) is 4.16. The number of nitrogens with one attached hydrogen (secondary N) is 1. The summed E-state index contributed by atoms with van der Waals surface area (Å²) in [4.78, 5) is 25.0. The van der Waals surface area contributed by atoms with E-state index in [9.17, 15) is 14.7 Å². The fourth-order valence-corrected chi connectivity index (χ4v) is 2.56. The number of nitrogens with zero attached hydrogens (tertiary/aromatic N) is 1. The number of carbonyl (C=O) groups is 2. The molecule has 1 aromatic carbocycles. The Bertz CT molecular complexity index is 461. The van der Waals surface area contributed by atoms with Crippen LogP contribution in [-0.2, 0) is 16.1 Å². The van der Waals surface area contributed by atoms with Crippen molar-refractivity contribution in [1.82, 2.24) is 10.2 Å². The van der Waals surface area contributed by atoms with Crippen molar-refractivity contribution in [2.75, 3.05) is 20.1 Å². The zero-order valence-electron chi connectivity index (χ0n) is 10.9. The quantitative estimate of drug-likeness (QED) is 0.832. The summed E-state index contributed by atoms with van der Waals surface area (Å²) in [6, 6.07) is 9.86. The molecule has 0 aliphatic carbocycles. The molecule has 102 valence electrons. The van der Waals surface area contributed by atoms with Gasteiger partial charge < -0.3 is 10.4 Å². The molecule has 1 aliphatic heterocycles. The number of benzene rings is 1. The number of rotatable bonds is 4. The number of amides is 1. The summed E-state index contributed by atoms with van der Waals surface area (Å²) in [7, 11) is 1.54. The van der Waals surface area contributed by atoms with Crippen LogP contribution in [-0.4, -0.2) is 42.0 Å². The van der Waals surface area contributed by atoms with Crippen molar-refractivity contribution in [2.24, 2.45) is 11.8 Å². The third-order valence-corrected chi connectivity index (χ3v) is 3.54. The zero-order chi connectivity index (χ0) is 13.8. The molecule has 2 atom stereocenters. The lowest BCUT2D eigenvalue weighted by molar-refractivity contribution is -0.145. The average molecular weight is 262 g/mol. The molecule has 0 saturated carbocycles. The van der Waals surface area contributed by atoms with Gasteiger partial charge in [-0.3, -0.25) is 14.5 Å². The molecule has 1 aromatic rings. The number of aliphatic carboxylic acids is 1. The van der Waals surface area contributed by atoms with Crippen LogP contribution < -0.4 is 5.32 Å². The highest BCUT2D eigenvalue weighted by atomic mass is 16.4. The summed E-state index contributed by atoms with van der Waals surface area (Å²) < 4.78 is 0. The minimum Gasteiger partial charge on any atom is -0.481 e. The summed E-state index contributed by atoms with van der Waals surface area (Å²) in [6.07, 6.45) is 0. The van der Waals surface area contributed by atoms with Crippen LogP contribution in [0.3, 0.4) is 0 Å². The molecule has 5 nitrogen and oxygen atoms in total. The van der Waals surface area contributed by atoms with Crippen molar-refractivity contribution >= 4 is 11.9 Å². The predicted octanol–water partition coefficient (Wildman–Crippen LogP) is 0.565. The predicted molar refractivity (Wildman–Crippen MR) is 70.4 cm³/mol. The van der Waals surface area contributed by atoms with Gasteiger partial charge in [0.15, 0.2) is 0 Å². The van der Waals surface area contributed by atoms with Crippen molar-refractivity contribution in [3.8, 4) is 0 Å². The molecule has 1 aliphatic rings. The Hall–Kier alpha value is -1.88. The van der Waals surface area contributed by atoms with E-state index >= 15 is 0 Å². The fourth-order valence-electron chi connectivity index (χ4n) is 2.56. The molecule has 19 heavy (non-hydrogen) atoms. The van der Waals surface area contributed by atoms with Crippen LogP contribution in [0.25, 0.3) is 0 Å². The van der Waals surface area contributed by atoms with Gasteiger partial charge in [-0.2, -0.15) is 0 Å². The van der Waals surface area contributed by atoms with Crippen LogP contribution in [0.15, 0.2) is 30.3 Å². The summed E-state index contributed by atoms with van der Waals surface area (Å²) in [5, 5.41) is 11.8. The second-order valence-corrected chi connectivity index (χ2v) is 4.85. The van der Waals surface area contributed by atoms with E-state index in [2.05, 4.69) is 5.32 Å². The van der Waals surface area contributed by atoms with E-state index in [1.807, 2.05) is 35.2 Å². The molecule has 5 heteroatoms. The molecule has 2 rings (SSSR count). The Morgan fingerprint density at radius 2 is 1.89 bits per heavy atom. The zero-order valence-corrected chi connectivity index (χ0v) is 10.9. The molecule has 1 amide bonds.